The van der Waals surface area contributed by atoms with Gasteiger partial charge in [-0.1, -0.05) is 48.8 Å². The van der Waals surface area contributed by atoms with Gasteiger partial charge in [0.2, 0.25) is 0 Å². The van der Waals surface area contributed by atoms with Gasteiger partial charge in [0.05, 0.1) is 0 Å². The molecule has 0 heteroatoms. The molecule has 0 aromatic heterocycles. The van der Waals surface area contributed by atoms with Gasteiger partial charge in [-0.25, -0.2) is 0 Å². The fraction of sp³-hybridized carbons (Fsp3) is 0.600. The molecular formula is C15H24. The molecule has 0 heterocycles. The molecule has 0 nitrogen and oxygen atoms in total. The van der Waals surface area contributed by atoms with Crippen LogP contribution in [-0.2, 0) is 0 Å². The summed E-state index contributed by atoms with van der Waals surface area (Å²) in [5.41, 5.74) is 4.58. The maximum Gasteiger partial charge on any atom is -0.0257 e. The standard InChI is InChI=1S/C15H24/c1-12(2)15-10-9-13(3)7-5-6-8-14(4)11-15/h7-8,11-12H,5-6,9-10H2,1-4H3. The van der Waals surface area contributed by atoms with Crippen molar-refractivity contribution >= 4 is 0 Å². The molecule has 1 aliphatic carbocycles. The highest BCUT2D eigenvalue weighted by Crippen LogP contribution is 2.22. The van der Waals surface area contributed by atoms with E-state index < -0.39 is 0 Å². The maximum absolute atomic E-state index is 2.40. The average Bonchev–Trinajstić information content (AvgIpc) is 2.18. The van der Waals surface area contributed by atoms with Crippen LogP contribution in [0.4, 0.5) is 0 Å². The van der Waals surface area contributed by atoms with Gasteiger partial charge in [-0.05, 0) is 45.4 Å². The average molecular weight is 204 g/mol. The van der Waals surface area contributed by atoms with Gasteiger partial charge in [-0.2, -0.15) is 0 Å². The van der Waals surface area contributed by atoms with E-state index in [-0.39, 0.29) is 0 Å². The topological polar surface area (TPSA) is 0 Å². The van der Waals surface area contributed by atoms with E-state index in [0.29, 0.717) is 5.92 Å². The van der Waals surface area contributed by atoms with Crippen LogP contribution in [0.3, 0.4) is 0 Å². The minimum absolute atomic E-state index is 0.681. The highest BCUT2D eigenvalue weighted by atomic mass is 14.1. The van der Waals surface area contributed by atoms with Gasteiger partial charge in [0.15, 0.2) is 0 Å². The van der Waals surface area contributed by atoms with Crippen molar-refractivity contribution in [2.75, 3.05) is 0 Å². The van der Waals surface area contributed by atoms with E-state index in [1.807, 2.05) is 0 Å². The van der Waals surface area contributed by atoms with Crippen LogP contribution in [0.25, 0.3) is 0 Å². The monoisotopic (exact) mass is 204 g/mol. The summed E-state index contributed by atoms with van der Waals surface area (Å²) in [4.78, 5) is 0. The van der Waals surface area contributed by atoms with Crippen LogP contribution >= 0.6 is 0 Å². The van der Waals surface area contributed by atoms with Gasteiger partial charge in [-0.3, -0.25) is 0 Å². The largest absolute Gasteiger partial charge is 0.0853 e. The number of allylic oxidation sites excluding steroid dienone is 6. The smallest absolute Gasteiger partial charge is 0.0257 e. The lowest BCUT2D eigenvalue weighted by Gasteiger charge is -2.13. The Hall–Kier alpha value is -0.780. The molecule has 0 spiro atoms. The second kappa shape index (κ2) is 5.95. The summed E-state index contributed by atoms with van der Waals surface area (Å²) in [6, 6.07) is 0. The normalized spacial score (nSPS) is 19.4. The Kier molecular flexibility index (Phi) is 4.87. The molecular weight excluding hydrogens is 180 g/mol. The Morgan fingerprint density at radius 1 is 1.00 bits per heavy atom. The van der Waals surface area contributed by atoms with E-state index in [0.717, 1.165) is 0 Å². The van der Waals surface area contributed by atoms with Gasteiger partial charge in [-0.15, -0.1) is 0 Å². The molecule has 15 heavy (non-hydrogen) atoms. The van der Waals surface area contributed by atoms with Crippen molar-refractivity contribution < 1.29 is 0 Å². The first-order valence-corrected chi connectivity index (χ1v) is 6.12. The van der Waals surface area contributed by atoms with Gasteiger partial charge < -0.3 is 0 Å². The number of hydrogen-bond donors (Lipinski definition) is 0. The van der Waals surface area contributed by atoms with Crippen LogP contribution in [0.1, 0.15) is 53.4 Å². The van der Waals surface area contributed by atoms with E-state index >= 15 is 0 Å². The van der Waals surface area contributed by atoms with Gasteiger partial charge in [0.25, 0.3) is 0 Å². The molecule has 0 atom stereocenters. The van der Waals surface area contributed by atoms with Crippen LogP contribution in [0, 0.1) is 5.92 Å². The Balaban J connectivity index is 2.84. The minimum atomic E-state index is 0.681. The van der Waals surface area contributed by atoms with Crippen LogP contribution in [-0.4, -0.2) is 0 Å². The summed E-state index contributed by atoms with van der Waals surface area (Å²) in [5, 5.41) is 0. The maximum atomic E-state index is 2.40. The number of rotatable bonds is 1. The molecule has 1 aliphatic rings. The van der Waals surface area contributed by atoms with Gasteiger partial charge in [0.1, 0.15) is 0 Å². The molecule has 0 aromatic carbocycles. The predicted octanol–water partition coefficient (Wildman–Crippen LogP) is 5.04. The van der Waals surface area contributed by atoms with Crippen molar-refractivity contribution in [1.82, 2.24) is 0 Å². The van der Waals surface area contributed by atoms with Crippen LogP contribution in [0.15, 0.2) is 34.9 Å². The van der Waals surface area contributed by atoms with Crippen molar-refractivity contribution in [2.24, 2.45) is 5.92 Å². The zero-order valence-electron chi connectivity index (χ0n) is 10.6. The first kappa shape index (κ1) is 12.3. The minimum Gasteiger partial charge on any atom is -0.0853 e. The van der Waals surface area contributed by atoms with Gasteiger partial charge in [0, 0.05) is 0 Å². The third-order valence-corrected chi connectivity index (χ3v) is 3.09. The zero-order valence-corrected chi connectivity index (χ0v) is 10.6. The third kappa shape index (κ3) is 4.51. The molecule has 84 valence electrons. The third-order valence-electron chi connectivity index (χ3n) is 3.09. The van der Waals surface area contributed by atoms with Crippen molar-refractivity contribution in [2.45, 2.75) is 53.4 Å². The number of hydrogen-bond acceptors (Lipinski definition) is 0. The Morgan fingerprint density at radius 3 is 2.33 bits per heavy atom. The summed E-state index contributed by atoms with van der Waals surface area (Å²) in [6.07, 6.45) is 12.0. The van der Waals surface area contributed by atoms with Crippen LogP contribution in [0.5, 0.6) is 0 Å². The van der Waals surface area contributed by atoms with E-state index in [2.05, 4.69) is 45.9 Å². The van der Waals surface area contributed by atoms with Crippen LogP contribution < -0.4 is 0 Å². The summed E-state index contributed by atoms with van der Waals surface area (Å²) >= 11 is 0. The molecule has 0 fully saturated rings. The van der Waals surface area contributed by atoms with Crippen molar-refractivity contribution in [3.05, 3.63) is 34.9 Å². The van der Waals surface area contributed by atoms with Crippen molar-refractivity contribution in [3.8, 4) is 0 Å². The molecule has 0 amide bonds. The van der Waals surface area contributed by atoms with Crippen LogP contribution in [0.2, 0.25) is 0 Å². The van der Waals surface area contributed by atoms with Crippen molar-refractivity contribution in [3.63, 3.8) is 0 Å². The fourth-order valence-corrected chi connectivity index (χ4v) is 1.96. The first-order chi connectivity index (χ1) is 7.09. The van der Waals surface area contributed by atoms with E-state index in [9.17, 15) is 0 Å². The van der Waals surface area contributed by atoms with E-state index in [1.54, 1.807) is 11.1 Å². The molecule has 0 unspecified atom stereocenters. The molecule has 0 N–H and O–H groups in total. The molecule has 0 aliphatic heterocycles. The molecule has 0 radical (unpaired) electrons. The molecule has 0 aromatic rings. The zero-order chi connectivity index (χ0) is 11.3. The van der Waals surface area contributed by atoms with E-state index in [4.69, 9.17) is 0 Å². The summed E-state index contributed by atoms with van der Waals surface area (Å²) in [7, 11) is 0. The van der Waals surface area contributed by atoms with Gasteiger partial charge >= 0.3 is 0 Å². The highest BCUT2D eigenvalue weighted by Gasteiger charge is 2.04. The predicted molar refractivity (Wildman–Crippen MR) is 68.9 cm³/mol. The molecule has 1 rings (SSSR count). The second-order valence-corrected chi connectivity index (χ2v) is 4.95. The Bertz CT molecular complexity index is 287. The lowest BCUT2D eigenvalue weighted by Crippen LogP contribution is -1.96. The summed E-state index contributed by atoms with van der Waals surface area (Å²) in [5.74, 6) is 0.681. The molecule has 0 saturated heterocycles. The lowest BCUT2D eigenvalue weighted by atomic mass is 9.93. The fourth-order valence-electron chi connectivity index (χ4n) is 1.96. The Morgan fingerprint density at radius 2 is 1.67 bits per heavy atom. The summed E-state index contributed by atoms with van der Waals surface area (Å²) < 4.78 is 0. The second-order valence-electron chi connectivity index (χ2n) is 4.95. The first-order valence-electron chi connectivity index (χ1n) is 6.12. The lowest BCUT2D eigenvalue weighted by molar-refractivity contribution is 0.704. The quantitative estimate of drug-likeness (QED) is 0.525. The Labute approximate surface area is 94.8 Å². The molecule has 0 saturated carbocycles. The highest BCUT2D eigenvalue weighted by molar-refractivity contribution is 5.24. The van der Waals surface area contributed by atoms with Crippen molar-refractivity contribution in [1.29, 1.82) is 0 Å². The SMILES string of the molecule is CC1=CCCC=C(C)CCC(C(C)C)=C1. The van der Waals surface area contributed by atoms with E-state index in [1.165, 1.54) is 31.3 Å². The molecule has 0 bridgehead atoms. The summed E-state index contributed by atoms with van der Waals surface area (Å²) in [6.45, 7) is 9.07.